The van der Waals surface area contributed by atoms with E-state index in [2.05, 4.69) is 9.47 Å². The van der Waals surface area contributed by atoms with Crippen LogP contribution in [-0.4, -0.2) is 91.1 Å². The Morgan fingerprint density at radius 1 is 0.886 bits per heavy atom. The number of ether oxygens (including phenoxy) is 7. The molecule has 8 unspecified atom stereocenters. The average molecular weight is 662 g/mol. The number of fused-ring (bicyclic) bond motifs is 3. The minimum atomic E-state index is -6.14. The molecule has 0 bridgehead atoms. The van der Waals surface area contributed by atoms with E-state index in [4.69, 9.17) is 23.7 Å². The van der Waals surface area contributed by atoms with Gasteiger partial charge in [0.05, 0.1) is 11.8 Å². The van der Waals surface area contributed by atoms with Gasteiger partial charge in [-0.25, -0.2) is 4.79 Å². The van der Waals surface area contributed by atoms with E-state index >= 15 is 0 Å². The number of hydrogen-bond donors (Lipinski definition) is 0. The number of carbonyl (C=O) groups is 4. The van der Waals surface area contributed by atoms with Crippen LogP contribution in [-0.2, 0) is 52.3 Å². The number of halogens is 9. The summed E-state index contributed by atoms with van der Waals surface area (Å²) in [5.41, 5.74) is -1.02. The molecule has 44 heavy (non-hydrogen) atoms. The van der Waals surface area contributed by atoms with Gasteiger partial charge >= 0.3 is 42.4 Å². The van der Waals surface area contributed by atoms with E-state index in [1.54, 1.807) is 6.92 Å². The fourth-order valence-electron chi connectivity index (χ4n) is 4.28. The second kappa shape index (κ2) is 11.8. The number of rotatable bonds is 9. The molecule has 0 aromatic rings. The zero-order valence-electron chi connectivity index (χ0n) is 23.4. The predicted molar refractivity (Wildman–Crippen MR) is 119 cm³/mol. The van der Waals surface area contributed by atoms with Crippen LogP contribution in [0.2, 0.25) is 0 Å². The van der Waals surface area contributed by atoms with Gasteiger partial charge in [-0.3, -0.25) is 14.4 Å². The van der Waals surface area contributed by atoms with Crippen LogP contribution < -0.4 is 0 Å². The van der Waals surface area contributed by atoms with Crippen LogP contribution >= 0.6 is 0 Å². The van der Waals surface area contributed by atoms with Crippen molar-refractivity contribution < 1.29 is 91.8 Å². The Balaban J connectivity index is 1.84. The first-order valence-corrected chi connectivity index (χ1v) is 12.8. The van der Waals surface area contributed by atoms with Crippen molar-refractivity contribution in [1.82, 2.24) is 0 Å². The lowest BCUT2D eigenvalue weighted by Crippen LogP contribution is -2.49. The van der Waals surface area contributed by atoms with Crippen molar-refractivity contribution in [3.63, 3.8) is 0 Å². The van der Waals surface area contributed by atoms with Gasteiger partial charge in [0.2, 0.25) is 6.10 Å². The van der Waals surface area contributed by atoms with Gasteiger partial charge in [-0.05, 0) is 34.1 Å². The number of hydrogen-bond acceptors (Lipinski definition) is 11. The van der Waals surface area contributed by atoms with Gasteiger partial charge in [0.1, 0.15) is 12.0 Å². The van der Waals surface area contributed by atoms with Crippen LogP contribution in [0.4, 0.5) is 39.5 Å². The maximum absolute atomic E-state index is 13.1. The molecule has 3 fully saturated rings. The van der Waals surface area contributed by atoms with Gasteiger partial charge in [0.15, 0.2) is 30.4 Å². The number of alkyl halides is 9. The molecule has 0 amide bonds. The molecule has 8 atom stereocenters. The smallest absolute Gasteiger partial charge is 0.434 e. The summed E-state index contributed by atoms with van der Waals surface area (Å²) in [6.45, 7) is 5.91. The summed E-state index contributed by atoms with van der Waals surface area (Å²) >= 11 is 0. The third-order valence-corrected chi connectivity index (χ3v) is 7.27. The number of carbonyl (C=O) groups excluding carboxylic acids is 4. The van der Waals surface area contributed by atoms with Crippen LogP contribution in [0, 0.1) is 11.3 Å². The van der Waals surface area contributed by atoms with Crippen LogP contribution in [0.25, 0.3) is 0 Å². The van der Waals surface area contributed by atoms with E-state index in [9.17, 15) is 58.7 Å². The lowest BCUT2D eigenvalue weighted by atomic mass is 9.90. The van der Waals surface area contributed by atoms with Gasteiger partial charge in [0, 0.05) is 0 Å². The molecular formula is C24H27F9O11. The molecule has 3 heterocycles. The van der Waals surface area contributed by atoms with Crippen LogP contribution in [0.3, 0.4) is 0 Å². The van der Waals surface area contributed by atoms with Crippen molar-refractivity contribution in [3.05, 3.63) is 0 Å². The molecule has 252 valence electrons. The van der Waals surface area contributed by atoms with Crippen LogP contribution in [0.15, 0.2) is 0 Å². The van der Waals surface area contributed by atoms with Crippen LogP contribution in [0.1, 0.15) is 47.5 Å². The molecule has 3 rings (SSSR count). The lowest BCUT2D eigenvalue weighted by molar-refractivity contribution is -0.314. The molecule has 0 N–H and O–H groups in total. The SMILES string of the molecule is CCC(C)(C)C(=O)OC1C(=O)OC2C3OC(C)(C(CC(=O)OC(C(F)(F)F)C(F)(F)F)C(=O)OC(C)C(F)(F)F)OC3OC12. The fraction of sp³-hybridized carbons (Fsp3) is 0.833. The lowest BCUT2D eigenvalue weighted by Gasteiger charge is -2.33. The first-order chi connectivity index (χ1) is 19.8. The molecule has 20 heteroatoms. The van der Waals surface area contributed by atoms with Crippen molar-refractivity contribution in [2.45, 2.75) is 115 Å². The first kappa shape index (κ1) is 35.6. The Kier molecular flexibility index (Phi) is 9.56. The third kappa shape index (κ3) is 7.32. The zero-order valence-corrected chi connectivity index (χ0v) is 23.4. The summed E-state index contributed by atoms with van der Waals surface area (Å²) in [5, 5.41) is 0. The van der Waals surface area contributed by atoms with E-state index in [1.807, 2.05) is 0 Å². The maximum Gasteiger partial charge on any atom is 0.434 e. The van der Waals surface area contributed by atoms with E-state index in [1.165, 1.54) is 13.8 Å². The van der Waals surface area contributed by atoms with Crippen LogP contribution in [0.5, 0.6) is 0 Å². The predicted octanol–water partition coefficient (Wildman–Crippen LogP) is 3.65. The second-order valence-electron chi connectivity index (χ2n) is 11.0. The highest BCUT2D eigenvalue weighted by atomic mass is 19.4. The Morgan fingerprint density at radius 3 is 1.95 bits per heavy atom. The molecule has 0 aromatic heterocycles. The summed E-state index contributed by atoms with van der Waals surface area (Å²) in [5.74, 6) is -11.3. The summed E-state index contributed by atoms with van der Waals surface area (Å²) < 4.78 is 151. The monoisotopic (exact) mass is 662 g/mol. The minimum absolute atomic E-state index is 0.317. The molecular weight excluding hydrogens is 635 g/mol. The van der Waals surface area contributed by atoms with Gasteiger partial charge < -0.3 is 33.2 Å². The van der Waals surface area contributed by atoms with Crippen molar-refractivity contribution in [2.24, 2.45) is 11.3 Å². The molecule has 0 aromatic carbocycles. The molecule has 0 spiro atoms. The minimum Gasteiger partial charge on any atom is -0.454 e. The van der Waals surface area contributed by atoms with E-state index in [-0.39, 0.29) is 0 Å². The molecule has 0 aliphatic carbocycles. The Morgan fingerprint density at radius 2 is 1.45 bits per heavy atom. The highest BCUT2D eigenvalue weighted by Crippen LogP contribution is 2.47. The molecule has 0 radical (unpaired) electrons. The van der Waals surface area contributed by atoms with Crippen molar-refractivity contribution in [1.29, 1.82) is 0 Å². The van der Waals surface area contributed by atoms with Crippen molar-refractivity contribution in [3.8, 4) is 0 Å². The third-order valence-electron chi connectivity index (χ3n) is 7.27. The molecule has 3 saturated heterocycles. The normalized spacial score (nSPS) is 30.3. The van der Waals surface area contributed by atoms with Gasteiger partial charge in [-0.1, -0.05) is 6.92 Å². The van der Waals surface area contributed by atoms with Crippen molar-refractivity contribution >= 4 is 23.9 Å². The highest BCUT2D eigenvalue weighted by molar-refractivity contribution is 5.84. The van der Waals surface area contributed by atoms with Crippen molar-refractivity contribution in [2.75, 3.05) is 0 Å². The second-order valence-corrected chi connectivity index (χ2v) is 11.0. The van der Waals surface area contributed by atoms with E-state index < -0.39 is 109 Å². The first-order valence-electron chi connectivity index (χ1n) is 12.8. The summed E-state index contributed by atoms with van der Waals surface area (Å²) in [6.07, 6.45) is -33.9. The zero-order chi connectivity index (χ0) is 33.8. The summed E-state index contributed by atoms with van der Waals surface area (Å²) in [4.78, 5) is 50.0. The Hall–Kier alpha value is -2.87. The Labute approximate surface area is 242 Å². The molecule has 3 aliphatic heterocycles. The summed E-state index contributed by atoms with van der Waals surface area (Å²) in [6, 6.07) is 0. The quantitative estimate of drug-likeness (QED) is 0.204. The standard InChI is InChI=1S/C24H27F9O11/c1-6-20(3,4)19(37)42-13-11-12(40-16(13)36)14-17(41-11)44-21(5,43-14)9(15(35)38-8(2)22(25,26)27)7-10(34)39-18(23(28,29)30)24(31,32)33/h8-9,11-14,17-18H,6-7H2,1-5H3. The summed E-state index contributed by atoms with van der Waals surface area (Å²) in [7, 11) is 0. The Bertz CT molecular complexity index is 1120. The number of esters is 4. The largest absolute Gasteiger partial charge is 0.454 e. The van der Waals surface area contributed by atoms with Gasteiger partial charge in [0.25, 0.3) is 6.10 Å². The molecule has 3 aliphatic rings. The molecule has 11 nitrogen and oxygen atoms in total. The van der Waals surface area contributed by atoms with Gasteiger partial charge in [-0.2, -0.15) is 39.5 Å². The molecule has 0 saturated carbocycles. The fourth-order valence-corrected chi connectivity index (χ4v) is 4.28. The highest BCUT2D eigenvalue weighted by Gasteiger charge is 2.68. The van der Waals surface area contributed by atoms with E-state index in [0.717, 1.165) is 6.92 Å². The van der Waals surface area contributed by atoms with Gasteiger partial charge in [-0.15, -0.1) is 0 Å². The topological polar surface area (TPSA) is 133 Å². The maximum atomic E-state index is 13.1. The van der Waals surface area contributed by atoms with E-state index in [0.29, 0.717) is 13.3 Å². The average Bonchev–Trinajstić information content (AvgIpc) is 3.46.